The largest absolute Gasteiger partial charge is 0.396 e. The molecule has 0 aromatic rings. The third-order valence-corrected chi connectivity index (χ3v) is 3.84. The van der Waals surface area contributed by atoms with Gasteiger partial charge in [0.05, 0.1) is 0 Å². The Labute approximate surface area is 82.5 Å². The number of aliphatic hydroxyl groups excluding tert-OH is 1. The second-order valence-electron chi connectivity index (χ2n) is 4.61. The summed E-state index contributed by atoms with van der Waals surface area (Å²) < 4.78 is 0. The summed E-state index contributed by atoms with van der Waals surface area (Å²) in [5, 5.41) is 8.99. The fourth-order valence-corrected chi connectivity index (χ4v) is 2.81. The van der Waals surface area contributed by atoms with Gasteiger partial charge in [-0.2, -0.15) is 0 Å². The van der Waals surface area contributed by atoms with E-state index in [1.807, 2.05) is 0 Å². The van der Waals surface area contributed by atoms with Crippen molar-refractivity contribution in [1.29, 1.82) is 0 Å². The van der Waals surface area contributed by atoms with Crippen molar-refractivity contribution in [3.8, 4) is 0 Å². The molecule has 1 heteroatoms. The second-order valence-corrected chi connectivity index (χ2v) is 4.61. The zero-order chi connectivity index (χ0) is 9.68. The molecule has 0 radical (unpaired) electrons. The summed E-state index contributed by atoms with van der Waals surface area (Å²) in [7, 11) is 0. The van der Waals surface area contributed by atoms with Crippen molar-refractivity contribution in [3.63, 3.8) is 0 Å². The Morgan fingerprint density at radius 1 is 1.31 bits per heavy atom. The summed E-state index contributed by atoms with van der Waals surface area (Å²) in [6, 6.07) is 0. The van der Waals surface area contributed by atoms with Gasteiger partial charge in [0, 0.05) is 6.61 Å². The van der Waals surface area contributed by atoms with Gasteiger partial charge in [-0.05, 0) is 30.6 Å². The van der Waals surface area contributed by atoms with Gasteiger partial charge in [-0.1, -0.05) is 39.5 Å². The van der Waals surface area contributed by atoms with Crippen LogP contribution in [0.2, 0.25) is 0 Å². The van der Waals surface area contributed by atoms with Crippen molar-refractivity contribution < 1.29 is 5.11 Å². The van der Waals surface area contributed by atoms with E-state index in [2.05, 4.69) is 13.8 Å². The molecule has 13 heavy (non-hydrogen) atoms. The molecule has 1 saturated carbocycles. The number of rotatable bonds is 4. The lowest BCUT2D eigenvalue weighted by Gasteiger charge is -2.35. The normalized spacial score (nSPS) is 31.6. The van der Waals surface area contributed by atoms with Gasteiger partial charge >= 0.3 is 0 Å². The lowest BCUT2D eigenvalue weighted by molar-refractivity contribution is 0.132. The van der Waals surface area contributed by atoms with Crippen LogP contribution >= 0.6 is 0 Å². The van der Waals surface area contributed by atoms with E-state index in [-0.39, 0.29) is 0 Å². The molecule has 0 saturated heterocycles. The molecule has 1 fully saturated rings. The van der Waals surface area contributed by atoms with Crippen LogP contribution < -0.4 is 0 Å². The van der Waals surface area contributed by atoms with Gasteiger partial charge < -0.3 is 5.11 Å². The van der Waals surface area contributed by atoms with Crippen LogP contribution in [0.15, 0.2) is 0 Å². The highest BCUT2D eigenvalue weighted by molar-refractivity contribution is 4.78. The van der Waals surface area contributed by atoms with E-state index >= 15 is 0 Å². The van der Waals surface area contributed by atoms with Gasteiger partial charge in [0.2, 0.25) is 0 Å². The zero-order valence-electron chi connectivity index (χ0n) is 9.13. The smallest absolute Gasteiger partial charge is 0.0433 e. The molecule has 1 rings (SSSR count). The summed E-state index contributed by atoms with van der Waals surface area (Å²) in [5.74, 6) is 2.57. The highest BCUT2D eigenvalue weighted by Crippen LogP contribution is 2.37. The van der Waals surface area contributed by atoms with Crippen molar-refractivity contribution in [2.75, 3.05) is 6.61 Å². The Bertz CT molecular complexity index is 131. The van der Waals surface area contributed by atoms with Crippen molar-refractivity contribution in [2.24, 2.45) is 17.8 Å². The van der Waals surface area contributed by atoms with E-state index in [1.165, 1.54) is 32.1 Å². The Kier molecular flexibility index (Phi) is 4.79. The average Bonchev–Trinajstić information content (AvgIpc) is 2.18. The maximum atomic E-state index is 8.99. The van der Waals surface area contributed by atoms with Gasteiger partial charge in [-0.15, -0.1) is 0 Å². The summed E-state index contributed by atoms with van der Waals surface area (Å²) in [4.78, 5) is 0. The van der Waals surface area contributed by atoms with Gasteiger partial charge in [-0.25, -0.2) is 0 Å². The van der Waals surface area contributed by atoms with Crippen LogP contribution in [-0.4, -0.2) is 11.7 Å². The van der Waals surface area contributed by atoms with Crippen LogP contribution in [0.4, 0.5) is 0 Å². The van der Waals surface area contributed by atoms with Crippen LogP contribution in [0.3, 0.4) is 0 Å². The molecule has 0 aromatic heterocycles. The Balaban J connectivity index is 2.45. The predicted octanol–water partition coefficient (Wildman–Crippen LogP) is 3.22. The summed E-state index contributed by atoms with van der Waals surface area (Å²) in [5.41, 5.74) is 0. The quantitative estimate of drug-likeness (QED) is 0.711. The molecule has 0 heterocycles. The molecule has 1 N–H and O–H groups in total. The zero-order valence-corrected chi connectivity index (χ0v) is 9.13. The molecule has 0 bridgehead atoms. The number of hydrogen-bond acceptors (Lipinski definition) is 1. The molecular weight excluding hydrogens is 160 g/mol. The van der Waals surface area contributed by atoms with Crippen LogP contribution in [0, 0.1) is 17.8 Å². The van der Waals surface area contributed by atoms with Crippen molar-refractivity contribution in [1.82, 2.24) is 0 Å². The van der Waals surface area contributed by atoms with Crippen LogP contribution in [0.1, 0.15) is 52.4 Å². The van der Waals surface area contributed by atoms with E-state index in [0.29, 0.717) is 6.61 Å². The molecule has 3 atom stereocenters. The van der Waals surface area contributed by atoms with Crippen molar-refractivity contribution in [2.45, 2.75) is 52.4 Å². The molecule has 0 spiro atoms. The minimum absolute atomic E-state index is 0.387. The maximum absolute atomic E-state index is 8.99. The topological polar surface area (TPSA) is 20.2 Å². The minimum atomic E-state index is 0.387. The van der Waals surface area contributed by atoms with Gasteiger partial charge in [0.1, 0.15) is 0 Å². The molecule has 1 aliphatic carbocycles. The third kappa shape index (κ3) is 2.98. The van der Waals surface area contributed by atoms with Gasteiger partial charge in [0.15, 0.2) is 0 Å². The van der Waals surface area contributed by atoms with Crippen LogP contribution in [0.5, 0.6) is 0 Å². The Hall–Kier alpha value is -0.0400. The van der Waals surface area contributed by atoms with Crippen LogP contribution in [0.25, 0.3) is 0 Å². The van der Waals surface area contributed by atoms with Crippen LogP contribution in [-0.2, 0) is 0 Å². The van der Waals surface area contributed by atoms with Gasteiger partial charge in [0.25, 0.3) is 0 Å². The average molecular weight is 184 g/mol. The molecule has 0 aromatic carbocycles. The summed E-state index contributed by atoms with van der Waals surface area (Å²) in [6.45, 7) is 5.05. The SMILES string of the molecule is CC[C@H](C)[C@@H]1CCCCC1CCO. The summed E-state index contributed by atoms with van der Waals surface area (Å²) >= 11 is 0. The fourth-order valence-electron chi connectivity index (χ4n) is 2.81. The molecule has 0 amide bonds. The highest BCUT2D eigenvalue weighted by atomic mass is 16.3. The first-order valence-corrected chi connectivity index (χ1v) is 5.90. The molecule has 0 aliphatic heterocycles. The first-order chi connectivity index (χ1) is 6.29. The molecule has 1 aliphatic rings. The van der Waals surface area contributed by atoms with E-state index in [4.69, 9.17) is 5.11 Å². The number of aliphatic hydroxyl groups is 1. The fraction of sp³-hybridized carbons (Fsp3) is 1.00. The van der Waals surface area contributed by atoms with E-state index in [9.17, 15) is 0 Å². The molecular formula is C12H24O. The maximum Gasteiger partial charge on any atom is 0.0433 e. The van der Waals surface area contributed by atoms with E-state index in [1.54, 1.807) is 0 Å². The molecule has 78 valence electrons. The second kappa shape index (κ2) is 5.64. The standard InChI is InChI=1S/C12H24O/c1-3-10(2)12-7-5-4-6-11(12)8-9-13/h10-13H,3-9H2,1-2H3/t10-,11?,12-/m0/s1. The monoisotopic (exact) mass is 184 g/mol. The van der Waals surface area contributed by atoms with Crippen molar-refractivity contribution >= 4 is 0 Å². The first kappa shape index (κ1) is 11.0. The highest BCUT2D eigenvalue weighted by Gasteiger charge is 2.27. The summed E-state index contributed by atoms with van der Waals surface area (Å²) in [6.07, 6.45) is 7.89. The van der Waals surface area contributed by atoms with Gasteiger partial charge in [-0.3, -0.25) is 0 Å². The lowest BCUT2D eigenvalue weighted by Crippen LogP contribution is -2.26. The Morgan fingerprint density at radius 3 is 2.62 bits per heavy atom. The molecule has 1 unspecified atom stereocenters. The lowest BCUT2D eigenvalue weighted by atomic mass is 9.71. The number of hydrogen-bond donors (Lipinski definition) is 1. The minimum Gasteiger partial charge on any atom is -0.396 e. The van der Waals surface area contributed by atoms with E-state index < -0.39 is 0 Å². The van der Waals surface area contributed by atoms with Crippen molar-refractivity contribution in [3.05, 3.63) is 0 Å². The third-order valence-electron chi connectivity index (χ3n) is 3.84. The Morgan fingerprint density at radius 2 is 2.00 bits per heavy atom. The predicted molar refractivity (Wildman–Crippen MR) is 56.6 cm³/mol. The first-order valence-electron chi connectivity index (χ1n) is 5.90. The molecule has 1 nitrogen and oxygen atoms in total. The van der Waals surface area contributed by atoms with E-state index in [0.717, 1.165) is 24.2 Å².